The molecule has 0 spiro atoms. The van der Waals surface area contributed by atoms with Crippen LogP contribution in [0.15, 0.2) is 241 Å². The number of fused-ring (bicyclic) bond motifs is 7. The highest BCUT2D eigenvalue weighted by Gasteiger charge is 2.20. The van der Waals surface area contributed by atoms with Gasteiger partial charge in [0.2, 0.25) is 0 Å². The topological polar surface area (TPSA) is 16.4 Å². The Morgan fingerprint density at radius 3 is 1.68 bits per heavy atom. The summed E-state index contributed by atoms with van der Waals surface area (Å²) < 4.78 is 6.40. The maximum atomic E-state index is 6.40. The largest absolute Gasteiger partial charge is 0.456 e. The van der Waals surface area contributed by atoms with Gasteiger partial charge in [0, 0.05) is 27.7 Å². The Morgan fingerprint density at radius 1 is 0.258 bits per heavy atom. The Kier molecular flexibility index (Phi) is 8.53. The molecular weight excluding hydrogens is 751 g/mol. The van der Waals surface area contributed by atoms with E-state index in [0.29, 0.717) is 0 Å². The standard InChI is InChI=1S/C60H39NO/c1-2-13-45-37-46(28-27-40(45)11-1)43-25-23-41(24-26-43)42-29-33-49(34-30-42)61(58-21-7-5-17-53(58)48-32-36-57-56-18-6-8-22-59(56)62-60(57)39-48)50-15-9-14-47(38-50)52-19-10-20-54-51-16-4-3-12-44(51)31-35-55(52)54/h1-39H. The molecule has 0 bridgehead atoms. The van der Waals surface area contributed by atoms with Crippen LogP contribution in [0.3, 0.4) is 0 Å². The van der Waals surface area contributed by atoms with E-state index in [4.69, 9.17) is 4.42 Å². The molecule has 11 aromatic carbocycles. The second-order valence-electron chi connectivity index (χ2n) is 16.1. The summed E-state index contributed by atoms with van der Waals surface area (Å²) in [7, 11) is 0. The van der Waals surface area contributed by atoms with Gasteiger partial charge < -0.3 is 9.32 Å². The average Bonchev–Trinajstić information content (AvgIpc) is 3.72. The Labute approximate surface area is 360 Å². The van der Waals surface area contributed by atoms with Crippen LogP contribution in [0.25, 0.3) is 98.8 Å². The van der Waals surface area contributed by atoms with Gasteiger partial charge in [-0.05, 0) is 126 Å². The Bertz CT molecular complexity index is 3630. The van der Waals surface area contributed by atoms with Gasteiger partial charge in [-0.15, -0.1) is 0 Å². The molecule has 2 heteroatoms. The van der Waals surface area contributed by atoms with Crippen LogP contribution in [-0.2, 0) is 0 Å². The SMILES string of the molecule is c1cc(-c2cccc3c2ccc2ccccc23)cc(N(c2ccc(-c3ccc(-c4ccc5ccccc5c4)cc3)cc2)c2ccccc2-c2ccc3c(c2)oc2ccccc23)c1. The smallest absolute Gasteiger partial charge is 0.136 e. The van der Waals surface area contributed by atoms with Crippen LogP contribution in [0.4, 0.5) is 17.1 Å². The lowest BCUT2D eigenvalue weighted by Gasteiger charge is -2.28. The summed E-state index contributed by atoms with van der Waals surface area (Å²) in [5, 5.41) is 9.77. The zero-order chi connectivity index (χ0) is 41.0. The zero-order valence-electron chi connectivity index (χ0n) is 33.9. The van der Waals surface area contributed by atoms with Crippen LogP contribution < -0.4 is 4.90 Å². The average molecular weight is 790 g/mol. The summed E-state index contributed by atoms with van der Waals surface area (Å²) in [6.07, 6.45) is 0. The summed E-state index contributed by atoms with van der Waals surface area (Å²) >= 11 is 0. The maximum Gasteiger partial charge on any atom is 0.136 e. The van der Waals surface area contributed by atoms with E-state index in [0.717, 1.165) is 55.7 Å². The first-order valence-corrected chi connectivity index (χ1v) is 21.2. The number of furan rings is 1. The molecule has 0 amide bonds. The number of hydrogen-bond donors (Lipinski definition) is 0. The molecule has 0 unspecified atom stereocenters. The molecule has 0 saturated heterocycles. The van der Waals surface area contributed by atoms with Crippen molar-refractivity contribution < 1.29 is 4.42 Å². The minimum absolute atomic E-state index is 0.881. The predicted octanol–water partition coefficient (Wildman–Crippen LogP) is 17.2. The van der Waals surface area contributed by atoms with Crippen molar-refractivity contribution in [1.29, 1.82) is 0 Å². The van der Waals surface area contributed by atoms with Gasteiger partial charge in [-0.2, -0.15) is 0 Å². The van der Waals surface area contributed by atoms with E-state index in [1.807, 2.05) is 12.1 Å². The van der Waals surface area contributed by atoms with Crippen molar-refractivity contribution >= 4 is 71.3 Å². The van der Waals surface area contributed by atoms with Crippen molar-refractivity contribution in [2.75, 3.05) is 4.90 Å². The highest BCUT2D eigenvalue weighted by molar-refractivity contribution is 6.12. The second kappa shape index (κ2) is 14.8. The molecule has 0 aliphatic rings. The van der Waals surface area contributed by atoms with E-state index >= 15 is 0 Å². The third-order valence-corrected chi connectivity index (χ3v) is 12.5. The predicted molar refractivity (Wildman–Crippen MR) is 263 cm³/mol. The molecule has 12 aromatic rings. The second-order valence-corrected chi connectivity index (χ2v) is 16.1. The van der Waals surface area contributed by atoms with Crippen molar-refractivity contribution in [3.63, 3.8) is 0 Å². The zero-order valence-corrected chi connectivity index (χ0v) is 33.9. The van der Waals surface area contributed by atoms with Gasteiger partial charge in [-0.3, -0.25) is 0 Å². The lowest BCUT2D eigenvalue weighted by Crippen LogP contribution is -2.11. The molecule has 290 valence electrons. The molecule has 0 saturated carbocycles. The third-order valence-electron chi connectivity index (χ3n) is 12.5. The monoisotopic (exact) mass is 789 g/mol. The van der Waals surface area contributed by atoms with E-state index in [1.54, 1.807) is 0 Å². The highest BCUT2D eigenvalue weighted by Crippen LogP contribution is 2.44. The van der Waals surface area contributed by atoms with Crippen LogP contribution in [-0.4, -0.2) is 0 Å². The molecule has 0 radical (unpaired) electrons. The first-order valence-electron chi connectivity index (χ1n) is 21.2. The lowest BCUT2D eigenvalue weighted by atomic mass is 9.94. The van der Waals surface area contributed by atoms with Crippen molar-refractivity contribution in [3.05, 3.63) is 237 Å². The Balaban J connectivity index is 0.969. The minimum atomic E-state index is 0.881. The van der Waals surface area contributed by atoms with E-state index in [2.05, 4.69) is 229 Å². The van der Waals surface area contributed by atoms with Gasteiger partial charge in [-0.1, -0.05) is 182 Å². The molecule has 1 aromatic heterocycles. The number of anilines is 3. The van der Waals surface area contributed by atoms with Gasteiger partial charge in [0.1, 0.15) is 11.2 Å². The molecule has 12 rings (SSSR count). The van der Waals surface area contributed by atoms with E-state index in [9.17, 15) is 0 Å². The summed E-state index contributed by atoms with van der Waals surface area (Å²) in [6.45, 7) is 0. The Hall–Kier alpha value is -8.20. The first-order chi connectivity index (χ1) is 30.7. The van der Waals surface area contributed by atoms with Crippen LogP contribution in [0.2, 0.25) is 0 Å². The normalized spacial score (nSPS) is 11.5. The summed E-state index contributed by atoms with van der Waals surface area (Å²) in [5.74, 6) is 0. The molecular formula is C60H39NO. The molecule has 0 atom stereocenters. The van der Waals surface area contributed by atoms with Crippen molar-refractivity contribution in [2.24, 2.45) is 0 Å². The lowest BCUT2D eigenvalue weighted by molar-refractivity contribution is 0.669. The molecule has 1 heterocycles. The quantitative estimate of drug-likeness (QED) is 0.150. The highest BCUT2D eigenvalue weighted by atomic mass is 16.3. The number of nitrogens with zero attached hydrogens (tertiary/aromatic N) is 1. The fraction of sp³-hybridized carbons (Fsp3) is 0. The number of hydrogen-bond acceptors (Lipinski definition) is 2. The maximum absolute atomic E-state index is 6.40. The van der Waals surface area contributed by atoms with Gasteiger partial charge in [0.05, 0.1) is 5.69 Å². The van der Waals surface area contributed by atoms with Gasteiger partial charge >= 0.3 is 0 Å². The molecule has 0 fully saturated rings. The first kappa shape index (κ1) is 35.7. The summed E-state index contributed by atoms with van der Waals surface area (Å²) in [6, 6.07) is 85.6. The van der Waals surface area contributed by atoms with Crippen molar-refractivity contribution in [3.8, 4) is 44.5 Å². The third kappa shape index (κ3) is 6.20. The summed E-state index contributed by atoms with van der Waals surface area (Å²) in [4.78, 5) is 2.40. The fourth-order valence-corrected chi connectivity index (χ4v) is 9.37. The Morgan fingerprint density at radius 2 is 0.823 bits per heavy atom. The van der Waals surface area contributed by atoms with Crippen LogP contribution in [0, 0.1) is 0 Å². The molecule has 2 nitrogen and oxygen atoms in total. The fourth-order valence-electron chi connectivity index (χ4n) is 9.37. The molecule has 0 aliphatic heterocycles. The van der Waals surface area contributed by atoms with E-state index < -0.39 is 0 Å². The number of benzene rings is 11. The molecule has 0 aliphatic carbocycles. The van der Waals surface area contributed by atoms with Gasteiger partial charge in [0.15, 0.2) is 0 Å². The van der Waals surface area contributed by atoms with Crippen LogP contribution >= 0.6 is 0 Å². The molecule has 62 heavy (non-hydrogen) atoms. The minimum Gasteiger partial charge on any atom is -0.456 e. The summed E-state index contributed by atoms with van der Waals surface area (Å²) in [5.41, 5.74) is 14.4. The van der Waals surface area contributed by atoms with Crippen molar-refractivity contribution in [1.82, 2.24) is 0 Å². The van der Waals surface area contributed by atoms with Gasteiger partial charge in [0.25, 0.3) is 0 Å². The van der Waals surface area contributed by atoms with E-state index in [1.165, 1.54) is 60.1 Å². The van der Waals surface area contributed by atoms with Crippen LogP contribution in [0.5, 0.6) is 0 Å². The number of para-hydroxylation sites is 2. The van der Waals surface area contributed by atoms with Crippen molar-refractivity contribution in [2.45, 2.75) is 0 Å². The number of rotatable bonds is 7. The molecule has 0 N–H and O–H groups in total. The van der Waals surface area contributed by atoms with E-state index in [-0.39, 0.29) is 0 Å². The van der Waals surface area contributed by atoms with Gasteiger partial charge in [-0.25, -0.2) is 0 Å². The van der Waals surface area contributed by atoms with Crippen LogP contribution in [0.1, 0.15) is 0 Å².